The average Bonchev–Trinajstić information content (AvgIpc) is 2.28. The number of benzene rings is 1. The topological polar surface area (TPSA) is 49.3 Å². The van der Waals surface area contributed by atoms with Gasteiger partial charge in [-0.15, -0.1) is 0 Å². The molecule has 0 aliphatic carbocycles. The molecular formula is C12H15BrFNO2. The van der Waals surface area contributed by atoms with Gasteiger partial charge in [-0.25, -0.2) is 4.39 Å². The van der Waals surface area contributed by atoms with Crippen molar-refractivity contribution in [2.75, 3.05) is 5.33 Å². The van der Waals surface area contributed by atoms with Crippen LogP contribution in [0.1, 0.15) is 30.6 Å². The Morgan fingerprint density at radius 2 is 2.24 bits per heavy atom. The molecule has 1 aromatic carbocycles. The summed E-state index contributed by atoms with van der Waals surface area (Å²) in [7, 11) is 0. The molecule has 0 aliphatic rings. The van der Waals surface area contributed by atoms with Crippen molar-refractivity contribution < 1.29 is 14.3 Å². The van der Waals surface area contributed by atoms with Crippen molar-refractivity contribution in [3.63, 3.8) is 0 Å². The maximum atomic E-state index is 13.5. The smallest absolute Gasteiger partial charge is 0.254 e. The van der Waals surface area contributed by atoms with Crippen LogP contribution < -0.4 is 5.32 Å². The first kappa shape index (κ1) is 14.0. The number of alkyl halides is 1. The number of carbonyl (C=O) groups is 1. The quantitative estimate of drug-likeness (QED) is 0.840. The van der Waals surface area contributed by atoms with Crippen LogP contribution in [0, 0.1) is 5.82 Å². The highest BCUT2D eigenvalue weighted by Crippen LogP contribution is 2.18. The van der Waals surface area contributed by atoms with Crippen molar-refractivity contribution in [3.8, 4) is 5.75 Å². The molecule has 3 nitrogen and oxygen atoms in total. The van der Waals surface area contributed by atoms with E-state index in [0.717, 1.165) is 12.5 Å². The molecule has 0 fully saturated rings. The molecule has 1 aromatic rings. The van der Waals surface area contributed by atoms with Gasteiger partial charge in [0.1, 0.15) is 11.6 Å². The van der Waals surface area contributed by atoms with Crippen LogP contribution >= 0.6 is 15.9 Å². The zero-order chi connectivity index (χ0) is 13.1. The van der Waals surface area contributed by atoms with Crippen LogP contribution in [0.15, 0.2) is 18.2 Å². The molecule has 0 spiro atoms. The SMILES string of the molecule is CCC(C)(CBr)NC(=O)c1ccc(O)cc1F. The highest BCUT2D eigenvalue weighted by Gasteiger charge is 2.24. The second-order valence-corrected chi connectivity index (χ2v) is 4.73. The fourth-order valence-corrected chi connectivity index (χ4v) is 1.78. The first-order valence-corrected chi connectivity index (χ1v) is 6.41. The number of aromatic hydroxyl groups is 1. The number of amides is 1. The van der Waals surface area contributed by atoms with Gasteiger partial charge in [-0.05, 0) is 25.5 Å². The Kier molecular flexibility index (Phi) is 4.51. The minimum atomic E-state index is -0.726. The van der Waals surface area contributed by atoms with Crippen molar-refractivity contribution in [2.24, 2.45) is 0 Å². The van der Waals surface area contributed by atoms with Gasteiger partial charge in [-0.3, -0.25) is 4.79 Å². The number of carbonyl (C=O) groups excluding carboxylic acids is 1. The Hall–Kier alpha value is -1.10. The van der Waals surface area contributed by atoms with Crippen molar-refractivity contribution in [1.82, 2.24) is 5.32 Å². The second-order valence-electron chi connectivity index (χ2n) is 4.17. The molecule has 0 saturated carbocycles. The van der Waals surface area contributed by atoms with Crippen LogP contribution in [0.25, 0.3) is 0 Å². The maximum absolute atomic E-state index is 13.5. The fraction of sp³-hybridized carbons (Fsp3) is 0.417. The molecule has 1 unspecified atom stereocenters. The van der Waals surface area contributed by atoms with E-state index >= 15 is 0 Å². The zero-order valence-electron chi connectivity index (χ0n) is 9.76. The summed E-state index contributed by atoms with van der Waals surface area (Å²) in [5.41, 5.74) is -0.482. The lowest BCUT2D eigenvalue weighted by atomic mass is 10.0. The molecule has 1 rings (SSSR count). The molecule has 0 bridgehead atoms. The Labute approximate surface area is 108 Å². The third-order valence-electron chi connectivity index (χ3n) is 2.69. The molecule has 1 amide bonds. The van der Waals surface area contributed by atoms with Crippen LogP contribution in [-0.4, -0.2) is 21.9 Å². The zero-order valence-corrected chi connectivity index (χ0v) is 11.3. The molecule has 0 saturated heterocycles. The summed E-state index contributed by atoms with van der Waals surface area (Å²) in [6, 6.07) is 3.48. The van der Waals surface area contributed by atoms with Gasteiger partial charge in [-0.2, -0.15) is 0 Å². The number of halogens is 2. The summed E-state index contributed by atoms with van der Waals surface area (Å²) >= 11 is 3.31. The predicted molar refractivity (Wildman–Crippen MR) is 68.0 cm³/mol. The number of hydrogen-bond acceptors (Lipinski definition) is 2. The number of hydrogen-bond donors (Lipinski definition) is 2. The van der Waals surface area contributed by atoms with E-state index in [0.29, 0.717) is 5.33 Å². The Balaban J connectivity index is 2.90. The number of phenolic OH excluding ortho intramolecular Hbond substituents is 1. The van der Waals surface area contributed by atoms with E-state index in [1.807, 2.05) is 13.8 Å². The van der Waals surface area contributed by atoms with Crippen LogP contribution in [0.5, 0.6) is 5.75 Å². The number of phenols is 1. The van der Waals surface area contributed by atoms with Crippen LogP contribution in [0.2, 0.25) is 0 Å². The summed E-state index contributed by atoms with van der Waals surface area (Å²) in [5.74, 6) is -1.40. The third-order valence-corrected chi connectivity index (χ3v) is 3.93. The van der Waals surface area contributed by atoms with E-state index < -0.39 is 17.3 Å². The molecular weight excluding hydrogens is 289 g/mol. The molecule has 0 aromatic heterocycles. The monoisotopic (exact) mass is 303 g/mol. The lowest BCUT2D eigenvalue weighted by molar-refractivity contribution is 0.0909. The Bertz CT molecular complexity index is 419. The van der Waals surface area contributed by atoms with Crippen molar-refractivity contribution >= 4 is 21.8 Å². The molecule has 5 heteroatoms. The van der Waals surface area contributed by atoms with Crippen LogP contribution in [0.4, 0.5) is 4.39 Å². The molecule has 0 aliphatic heterocycles. The van der Waals surface area contributed by atoms with Gasteiger partial charge >= 0.3 is 0 Å². The van der Waals surface area contributed by atoms with E-state index in [1.54, 1.807) is 0 Å². The van der Waals surface area contributed by atoms with E-state index in [1.165, 1.54) is 12.1 Å². The van der Waals surface area contributed by atoms with E-state index in [4.69, 9.17) is 5.11 Å². The highest BCUT2D eigenvalue weighted by molar-refractivity contribution is 9.09. The average molecular weight is 304 g/mol. The first-order valence-electron chi connectivity index (χ1n) is 5.29. The first-order chi connectivity index (χ1) is 7.91. The van der Waals surface area contributed by atoms with Gasteiger partial charge in [0.15, 0.2) is 0 Å². The van der Waals surface area contributed by atoms with E-state index in [9.17, 15) is 9.18 Å². The van der Waals surface area contributed by atoms with Gasteiger partial charge < -0.3 is 10.4 Å². The fourth-order valence-electron chi connectivity index (χ4n) is 1.25. The Morgan fingerprint density at radius 1 is 1.59 bits per heavy atom. The van der Waals surface area contributed by atoms with E-state index in [-0.39, 0.29) is 11.3 Å². The lowest BCUT2D eigenvalue weighted by Crippen LogP contribution is -2.47. The normalized spacial score (nSPS) is 14.1. The van der Waals surface area contributed by atoms with Crippen molar-refractivity contribution in [1.29, 1.82) is 0 Å². The molecule has 17 heavy (non-hydrogen) atoms. The summed E-state index contributed by atoms with van der Waals surface area (Å²) in [6.07, 6.45) is 0.726. The van der Waals surface area contributed by atoms with E-state index in [2.05, 4.69) is 21.2 Å². The third kappa shape index (κ3) is 3.43. The second kappa shape index (κ2) is 5.49. The Morgan fingerprint density at radius 3 is 2.71 bits per heavy atom. The molecule has 2 N–H and O–H groups in total. The summed E-state index contributed by atoms with van der Waals surface area (Å²) in [5, 5.41) is 12.4. The summed E-state index contributed by atoms with van der Waals surface area (Å²) < 4.78 is 13.5. The van der Waals surface area contributed by atoms with Gasteiger partial charge in [0.05, 0.1) is 5.56 Å². The van der Waals surface area contributed by atoms with Crippen LogP contribution in [-0.2, 0) is 0 Å². The van der Waals surface area contributed by atoms with Crippen LogP contribution in [0.3, 0.4) is 0 Å². The van der Waals surface area contributed by atoms with Crippen molar-refractivity contribution in [2.45, 2.75) is 25.8 Å². The maximum Gasteiger partial charge on any atom is 0.254 e. The van der Waals surface area contributed by atoms with Crippen molar-refractivity contribution in [3.05, 3.63) is 29.6 Å². The minimum Gasteiger partial charge on any atom is -0.508 e. The molecule has 0 heterocycles. The predicted octanol–water partition coefficient (Wildman–Crippen LogP) is 2.82. The summed E-state index contributed by atoms with van der Waals surface area (Å²) in [4.78, 5) is 11.9. The number of nitrogens with one attached hydrogen (secondary N) is 1. The molecule has 0 radical (unpaired) electrons. The number of rotatable bonds is 4. The van der Waals surface area contributed by atoms with Gasteiger partial charge in [-0.1, -0.05) is 22.9 Å². The largest absolute Gasteiger partial charge is 0.508 e. The lowest BCUT2D eigenvalue weighted by Gasteiger charge is -2.27. The van der Waals surface area contributed by atoms with Gasteiger partial charge in [0.2, 0.25) is 0 Å². The molecule has 1 atom stereocenters. The molecule has 94 valence electrons. The van der Waals surface area contributed by atoms with Gasteiger partial charge in [0.25, 0.3) is 5.91 Å². The highest BCUT2D eigenvalue weighted by atomic mass is 79.9. The van der Waals surface area contributed by atoms with Gasteiger partial charge in [0, 0.05) is 16.9 Å². The standard InChI is InChI=1S/C12H15BrFNO2/c1-3-12(2,7-13)15-11(17)9-5-4-8(16)6-10(9)14/h4-6,16H,3,7H2,1-2H3,(H,15,17). The minimum absolute atomic E-state index is 0.0663. The summed E-state index contributed by atoms with van der Waals surface area (Å²) in [6.45, 7) is 3.81.